The molecule has 1 aliphatic carbocycles. The summed E-state index contributed by atoms with van der Waals surface area (Å²) < 4.78 is 0. The number of carbonyl (C=O) groups is 2. The largest absolute Gasteiger partial charge is 0.477 e. The number of hydrogen-bond acceptors (Lipinski definition) is 4. The Morgan fingerprint density at radius 3 is 2.47 bits per heavy atom. The Hall–Kier alpha value is -1.40. The minimum Gasteiger partial charge on any atom is -0.477 e. The molecule has 19 heavy (non-hydrogen) atoms. The van der Waals surface area contributed by atoms with E-state index < -0.39 is 12.1 Å². The van der Waals surface area contributed by atoms with Gasteiger partial charge in [-0.1, -0.05) is 12.8 Å². The predicted octanol–water partition coefficient (Wildman–Crippen LogP) is 1.82. The van der Waals surface area contributed by atoms with Crippen LogP contribution in [-0.2, 0) is 0 Å². The number of hydrogen-bond donors (Lipinski definition) is 2. The number of carboxylic acids is 1. The maximum atomic E-state index is 12.3. The lowest BCUT2D eigenvalue weighted by molar-refractivity contribution is 0.0271. The molecule has 1 amide bonds. The molecule has 1 aliphatic rings. The van der Waals surface area contributed by atoms with Crippen molar-refractivity contribution >= 4 is 23.2 Å². The normalized spacial score (nSPS) is 23.1. The predicted molar refractivity (Wildman–Crippen MR) is 71.6 cm³/mol. The van der Waals surface area contributed by atoms with Crippen LogP contribution >= 0.6 is 11.3 Å². The Morgan fingerprint density at radius 1 is 1.26 bits per heavy atom. The van der Waals surface area contributed by atoms with Crippen LogP contribution < -0.4 is 0 Å². The standard InChI is InChI=1S/C13H17NO4S/c1-14(8-4-2-3-5-9(8)15)12(16)10-6-7-11(19-10)13(17)18/h6-9,15H,2-5H2,1H3,(H,17,18). The molecule has 1 aromatic rings. The highest BCUT2D eigenvalue weighted by molar-refractivity contribution is 7.15. The molecule has 104 valence electrons. The summed E-state index contributed by atoms with van der Waals surface area (Å²) in [5, 5.41) is 18.8. The number of thiophene rings is 1. The van der Waals surface area contributed by atoms with Crippen LogP contribution in [0.2, 0.25) is 0 Å². The van der Waals surface area contributed by atoms with Gasteiger partial charge in [0.2, 0.25) is 0 Å². The molecule has 1 aromatic heterocycles. The Balaban J connectivity index is 2.11. The molecule has 2 rings (SSSR count). The number of aliphatic hydroxyl groups excluding tert-OH is 1. The highest BCUT2D eigenvalue weighted by atomic mass is 32.1. The first-order chi connectivity index (χ1) is 9.00. The van der Waals surface area contributed by atoms with E-state index in [4.69, 9.17) is 5.11 Å². The fourth-order valence-corrected chi connectivity index (χ4v) is 3.26. The third-order valence-corrected chi connectivity index (χ3v) is 4.60. The van der Waals surface area contributed by atoms with E-state index in [2.05, 4.69) is 0 Å². The molecule has 1 fully saturated rings. The van der Waals surface area contributed by atoms with Gasteiger partial charge in [-0.15, -0.1) is 11.3 Å². The van der Waals surface area contributed by atoms with Gasteiger partial charge >= 0.3 is 5.97 Å². The minimum absolute atomic E-state index is 0.154. The maximum absolute atomic E-state index is 12.3. The molecule has 0 aromatic carbocycles. The molecule has 1 heterocycles. The lowest BCUT2D eigenvalue weighted by Crippen LogP contribution is -2.46. The highest BCUT2D eigenvalue weighted by Gasteiger charge is 2.30. The summed E-state index contributed by atoms with van der Waals surface area (Å²) in [6.07, 6.45) is 3.02. The molecule has 2 atom stereocenters. The number of likely N-dealkylation sites (N-methyl/N-ethyl adjacent to an activating group) is 1. The molecule has 0 bridgehead atoms. The average molecular weight is 283 g/mol. The number of nitrogens with zero attached hydrogens (tertiary/aromatic N) is 1. The summed E-state index contributed by atoms with van der Waals surface area (Å²) in [6.45, 7) is 0. The molecule has 2 unspecified atom stereocenters. The molecular weight excluding hydrogens is 266 g/mol. The van der Waals surface area contributed by atoms with Crippen LogP contribution in [0.25, 0.3) is 0 Å². The van der Waals surface area contributed by atoms with Gasteiger partial charge in [-0.2, -0.15) is 0 Å². The quantitative estimate of drug-likeness (QED) is 0.887. The maximum Gasteiger partial charge on any atom is 0.345 e. The van der Waals surface area contributed by atoms with Crippen molar-refractivity contribution in [2.24, 2.45) is 0 Å². The molecule has 0 saturated heterocycles. The van der Waals surface area contributed by atoms with Gasteiger partial charge in [-0.25, -0.2) is 4.79 Å². The summed E-state index contributed by atoms with van der Waals surface area (Å²) >= 11 is 0.970. The van der Waals surface area contributed by atoms with Crippen molar-refractivity contribution in [2.45, 2.75) is 37.8 Å². The Kier molecular flexibility index (Phi) is 4.21. The van der Waals surface area contributed by atoms with E-state index >= 15 is 0 Å². The van der Waals surface area contributed by atoms with E-state index in [0.29, 0.717) is 11.3 Å². The fraction of sp³-hybridized carbons (Fsp3) is 0.538. The average Bonchev–Trinajstić information content (AvgIpc) is 2.87. The van der Waals surface area contributed by atoms with E-state index in [1.165, 1.54) is 12.1 Å². The topological polar surface area (TPSA) is 77.8 Å². The zero-order chi connectivity index (χ0) is 14.0. The first kappa shape index (κ1) is 14.0. The van der Waals surface area contributed by atoms with Gasteiger partial charge in [0.25, 0.3) is 5.91 Å². The van der Waals surface area contributed by atoms with E-state index in [9.17, 15) is 14.7 Å². The van der Waals surface area contributed by atoms with E-state index in [1.54, 1.807) is 11.9 Å². The summed E-state index contributed by atoms with van der Waals surface area (Å²) in [4.78, 5) is 25.2. The molecule has 6 heteroatoms. The van der Waals surface area contributed by atoms with Gasteiger partial charge < -0.3 is 15.1 Å². The molecule has 0 aliphatic heterocycles. The van der Waals surface area contributed by atoms with Crippen LogP contribution in [-0.4, -0.2) is 46.2 Å². The van der Waals surface area contributed by atoms with Crippen LogP contribution in [0.4, 0.5) is 0 Å². The van der Waals surface area contributed by atoms with Gasteiger partial charge in [0.15, 0.2) is 0 Å². The molecule has 0 radical (unpaired) electrons. The molecule has 5 nitrogen and oxygen atoms in total. The van der Waals surface area contributed by atoms with Gasteiger partial charge in [0.05, 0.1) is 17.0 Å². The smallest absolute Gasteiger partial charge is 0.345 e. The second-order valence-electron chi connectivity index (χ2n) is 4.80. The third kappa shape index (κ3) is 2.96. The van der Waals surface area contributed by atoms with Crippen LogP contribution in [0.15, 0.2) is 12.1 Å². The molecular formula is C13H17NO4S. The lowest BCUT2D eigenvalue weighted by Gasteiger charge is -2.34. The number of aromatic carboxylic acids is 1. The van der Waals surface area contributed by atoms with Crippen LogP contribution in [0, 0.1) is 0 Å². The first-order valence-corrected chi connectivity index (χ1v) is 7.10. The van der Waals surface area contributed by atoms with E-state index in [0.717, 1.165) is 30.6 Å². The number of rotatable bonds is 3. The van der Waals surface area contributed by atoms with Crippen molar-refractivity contribution in [1.82, 2.24) is 4.90 Å². The summed E-state index contributed by atoms with van der Waals surface area (Å²) in [6, 6.07) is 2.80. The van der Waals surface area contributed by atoms with Gasteiger partial charge in [-0.05, 0) is 25.0 Å². The van der Waals surface area contributed by atoms with Crippen LogP contribution in [0.1, 0.15) is 45.0 Å². The zero-order valence-electron chi connectivity index (χ0n) is 10.7. The number of carbonyl (C=O) groups excluding carboxylic acids is 1. The molecule has 0 spiro atoms. The Labute approximate surface area is 115 Å². The minimum atomic E-state index is -1.02. The van der Waals surface area contributed by atoms with Crippen LogP contribution in [0.5, 0.6) is 0 Å². The first-order valence-electron chi connectivity index (χ1n) is 6.29. The summed E-state index contributed by atoms with van der Waals surface area (Å²) in [5.74, 6) is -1.24. The zero-order valence-corrected chi connectivity index (χ0v) is 11.5. The SMILES string of the molecule is CN(C(=O)c1ccc(C(=O)O)s1)C1CCCCC1O. The number of carboxylic acid groups (broad SMARTS) is 1. The summed E-state index contributed by atoms with van der Waals surface area (Å²) in [5.41, 5.74) is 0. The number of aliphatic hydroxyl groups is 1. The van der Waals surface area contributed by atoms with E-state index in [-0.39, 0.29) is 16.8 Å². The second-order valence-corrected chi connectivity index (χ2v) is 5.89. The van der Waals surface area contributed by atoms with Crippen molar-refractivity contribution in [3.63, 3.8) is 0 Å². The molecule has 1 saturated carbocycles. The summed E-state index contributed by atoms with van der Waals surface area (Å²) in [7, 11) is 1.67. The van der Waals surface area contributed by atoms with Crippen molar-refractivity contribution in [3.05, 3.63) is 21.9 Å². The number of amides is 1. The van der Waals surface area contributed by atoms with Gasteiger partial charge in [-0.3, -0.25) is 4.79 Å². The lowest BCUT2D eigenvalue weighted by atomic mass is 9.91. The van der Waals surface area contributed by atoms with Crippen molar-refractivity contribution < 1.29 is 19.8 Å². The Bertz CT molecular complexity index is 485. The van der Waals surface area contributed by atoms with Crippen molar-refractivity contribution in [2.75, 3.05) is 7.05 Å². The second kappa shape index (κ2) is 5.71. The molecule has 2 N–H and O–H groups in total. The van der Waals surface area contributed by atoms with Gasteiger partial charge in [0.1, 0.15) is 4.88 Å². The highest BCUT2D eigenvalue weighted by Crippen LogP contribution is 2.25. The Morgan fingerprint density at radius 2 is 1.89 bits per heavy atom. The van der Waals surface area contributed by atoms with Gasteiger partial charge in [0, 0.05) is 7.05 Å². The van der Waals surface area contributed by atoms with Crippen LogP contribution in [0.3, 0.4) is 0 Å². The monoisotopic (exact) mass is 283 g/mol. The fourth-order valence-electron chi connectivity index (χ4n) is 2.44. The third-order valence-electron chi connectivity index (χ3n) is 3.54. The van der Waals surface area contributed by atoms with Crippen molar-refractivity contribution in [3.8, 4) is 0 Å². The van der Waals surface area contributed by atoms with E-state index in [1.807, 2.05) is 0 Å². The van der Waals surface area contributed by atoms with Crippen molar-refractivity contribution in [1.29, 1.82) is 0 Å².